The minimum Gasteiger partial charge on any atom is -0.497 e. The number of thiophene rings is 1. The van der Waals surface area contributed by atoms with Crippen molar-refractivity contribution >= 4 is 27.9 Å². The number of methoxy groups -OCH3 is 1. The topological polar surface area (TPSA) is 40.2 Å². The molecular formula is C15H16N2OS. The summed E-state index contributed by atoms with van der Waals surface area (Å²) in [6.45, 7) is 3.02. The first-order valence-electron chi connectivity index (χ1n) is 6.25. The third-order valence-corrected chi connectivity index (χ3v) is 4.26. The van der Waals surface area contributed by atoms with Crippen LogP contribution in [-0.4, -0.2) is 11.7 Å². The zero-order valence-electron chi connectivity index (χ0n) is 11.0. The second-order valence-electron chi connectivity index (χ2n) is 4.37. The molecule has 2 N–H and O–H groups in total. The lowest BCUT2D eigenvalue weighted by Gasteiger charge is -2.07. The van der Waals surface area contributed by atoms with Crippen LogP contribution in [-0.2, 0) is 6.54 Å². The molecule has 2 heterocycles. The molecule has 0 aliphatic rings. The largest absolute Gasteiger partial charge is 0.497 e. The average molecular weight is 272 g/mol. The van der Waals surface area contributed by atoms with Crippen molar-refractivity contribution in [3.63, 3.8) is 0 Å². The van der Waals surface area contributed by atoms with E-state index in [1.54, 1.807) is 18.4 Å². The molecule has 0 atom stereocenters. The van der Waals surface area contributed by atoms with E-state index in [1.165, 1.54) is 4.88 Å². The third kappa shape index (κ3) is 1.79. The molecule has 0 radical (unpaired) electrons. The fourth-order valence-corrected chi connectivity index (χ4v) is 3.28. The quantitative estimate of drug-likeness (QED) is 0.783. The summed E-state index contributed by atoms with van der Waals surface area (Å²) in [5, 5.41) is 3.17. The fourth-order valence-electron chi connectivity index (χ4n) is 2.49. The van der Waals surface area contributed by atoms with Crippen LogP contribution in [0.1, 0.15) is 6.92 Å². The van der Waals surface area contributed by atoms with Crippen molar-refractivity contribution in [3.05, 3.63) is 35.7 Å². The van der Waals surface area contributed by atoms with E-state index in [0.717, 1.165) is 34.6 Å². The molecule has 0 saturated carbocycles. The summed E-state index contributed by atoms with van der Waals surface area (Å²) in [5.74, 6) is 0.859. The summed E-state index contributed by atoms with van der Waals surface area (Å²) < 4.78 is 7.56. The summed E-state index contributed by atoms with van der Waals surface area (Å²) in [4.78, 5) is 1.20. The lowest BCUT2D eigenvalue weighted by atomic mass is 10.2. The maximum absolute atomic E-state index is 6.34. The van der Waals surface area contributed by atoms with Crippen LogP contribution in [0.15, 0.2) is 35.7 Å². The minimum atomic E-state index is 0.849. The molecule has 0 saturated heterocycles. The number of hydrogen-bond donors (Lipinski definition) is 1. The molecule has 0 aliphatic carbocycles. The summed E-state index contributed by atoms with van der Waals surface area (Å²) in [7, 11) is 1.68. The van der Waals surface area contributed by atoms with Gasteiger partial charge in [-0.2, -0.15) is 0 Å². The van der Waals surface area contributed by atoms with Crippen LogP contribution in [0.5, 0.6) is 5.75 Å². The van der Waals surface area contributed by atoms with Crippen LogP contribution in [0.25, 0.3) is 21.5 Å². The number of benzene rings is 1. The maximum Gasteiger partial charge on any atom is 0.120 e. The number of rotatable bonds is 3. The summed E-state index contributed by atoms with van der Waals surface area (Å²) >= 11 is 1.71. The van der Waals surface area contributed by atoms with Crippen molar-refractivity contribution in [1.29, 1.82) is 0 Å². The number of nitrogen functional groups attached to an aromatic ring is 1. The minimum absolute atomic E-state index is 0.849. The maximum atomic E-state index is 6.34. The number of anilines is 1. The normalized spacial score (nSPS) is 11.1. The highest BCUT2D eigenvalue weighted by atomic mass is 32.1. The van der Waals surface area contributed by atoms with E-state index in [4.69, 9.17) is 10.5 Å². The van der Waals surface area contributed by atoms with Gasteiger partial charge in [-0.1, -0.05) is 6.07 Å². The second-order valence-corrected chi connectivity index (χ2v) is 5.31. The van der Waals surface area contributed by atoms with E-state index in [2.05, 4.69) is 29.0 Å². The monoisotopic (exact) mass is 272 g/mol. The molecule has 4 heteroatoms. The molecule has 0 amide bonds. The number of aryl methyl sites for hydroxylation is 1. The van der Waals surface area contributed by atoms with Crippen LogP contribution in [0, 0.1) is 0 Å². The van der Waals surface area contributed by atoms with E-state index < -0.39 is 0 Å². The van der Waals surface area contributed by atoms with Crippen LogP contribution < -0.4 is 10.5 Å². The standard InChI is InChI=1S/C15H16N2OS/c1-3-17-12-9-10(18-2)6-7-11(12)14(16)15(17)13-5-4-8-19-13/h4-9H,3,16H2,1-2H3. The summed E-state index contributed by atoms with van der Waals surface area (Å²) in [6.07, 6.45) is 0. The number of aromatic nitrogens is 1. The van der Waals surface area contributed by atoms with E-state index in [0.29, 0.717) is 0 Å². The Morgan fingerprint density at radius 1 is 1.32 bits per heavy atom. The van der Waals surface area contributed by atoms with Crippen LogP contribution in [0.4, 0.5) is 5.69 Å². The predicted octanol–water partition coefficient (Wildman–Crippen LogP) is 3.98. The Kier molecular flexibility index (Phi) is 2.95. The van der Waals surface area contributed by atoms with Gasteiger partial charge in [0.2, 0.25) is 0 Å². The molecule has 19 heavy (non-hydrogen) atoms. The average Bonchev–Trinajstić information content (AvgIpc) is 3.04. The Bertz CT molecular complexity index is 713. The van der Waals surface area contributed by atoms with E-state index in [1.807, 2.05) is 18.2 Å². The van der Waals surface area contributed by atoms with Gasteiger partial charge < -0.3 is 15.0 Å². The first-order valence-corrected chi connectivity index (χ1v) is 7.13. The van der Waals surface area contributed by atoms with E-state index >= 15 is 0 Å². The molecule has 0 bridgehead atoms. The van der Waals surface area contributed by atoms with Gasteiger partial charge in [-0.25, -0.2) is 0 Å². The number of ether oxygens (including phenoxy) is 1. The molecule has 0 aliphatic heterocycles. The summed E-state index contributed by atoms with van der Waals surface area (Å²) in [6, 6.07) is 10.2. The van der Waals surface area contributed by atoms with Gasteiger partial charge >= 0.3 is 0 Å². The highest BCUT2D eigenvalue weighted by Gasteiger charge is 2.16. The second kappa shape index (κ2) is 4.63. The zero-order chi connectivity index (χ0) is 13.4. The van der Waals surface area contributed by atoms with Crippen LogP contribution in [0.3, 0.4) is 0 Å². The highest BCUT2D eigenvalue weighted by Crippen LogP contribution is 2.39. The van der Waals surface area contributed by atoms with Crippen molar-refractivity contribution in [2.45, 2.75) is 13.5 Å². The molecule has 2 aromatic heterocycles. The van der Waals surface area contributed by atoms with Gasteiger partial charge in [-0.05, 0) is 30.5 Å². The van der Waals surface area contributed by atoms with Gasteiger partial charge in [0.1, 0.15) is 5.75 Å². The van der Waals surface area contributed by atoms with E-state index in [9.17, 15) is 0 Å². The Hall–Kier alpha value is -1.94. The summed E-state index contributed by atoms with van der Waals surface area (Å²) in [5.41, 5.74) is 9.43. The van der Waals surface area contributed by atoms with Gasteiger partial charge in [0.15, 0.2) is 0 Å². The van der Waals surface area contributed by atoms with Crippen LogP contribution >= 0.6 is 11.3 Å². The Morgan fingerprint density at radius 2 is 2.16 bits per heavy atom. The zero-order valence-corrected chi connectivity index (χ0v) is 11.8. The van der Waals surface area contributed by atoms with Gasteiger partial charge in [-0.15, -0.1) is 11.3 Å². The van der Waals surface area contributed by atoms with Crippen molar-refractivity contribution in [2.75, 3.05) is 12.8 Å². The molecule has 98 valence electrons. The highest BCUT2D eigenvalue weighted by molar-refractivity contribution is 7.13. The van der Waals surface area contributed by atoms with Gasteiger partial charge in [0.25, 0.3) is 0 Å². The van der Waals surface area contributed by atoms with Gasteiger partial charge in [0.05, 0.1) is 28.9 Å². The van der Waals surface area contributed by atoms with Crippen molar-refractivity contribution < 1.29 is 4.74 Å². The molecule has 3 aromatic rings. The Morgan fingerprint density at radius 3 is 2.79 bits per heavy atom. The molecule has 3 rings (SSSR count). The molecule has 0 spiro atoms. The van der Waals surface area contributed by atoms with Crippen molar-refractivity contribution in [3.8, 4) is 16.3 Å². The molecule has 1 aromatic carbocycles. The lowest BCUT2D eigenvalue weighted by molar-refractivity contribution is 0.415. The molecule has 0 fully saturated rings. The number of nitrogens with two attached hydrogens (primary N) is 1. The van der Waals surface area contributed by atoms with Gasteiger partial charge in [-0.3, -0.25) is 0 Å². The van der Waals surface area contributed by atoms with Crippen LogP contribution in [0.2, 0.25) is 0 Å². The first kappa shape index (κ1) is 12.1. The smallest absolute Gasteiger partial charge is 0.120 e. The predicted molar refractivity (Wildman–Crippen MR) is 81.9 cm³/mol. The van der Waals surface area contributed by atoms with Gasteiger partial charge in [0, 0.05) is 18.0 Å². The van der Waals surface area contributed by atoms with Crippen molar-refractivity contribution in [2.24, 2.45) is 0 Å². The molecule has 3 nitrogen and oxygen atoms in total. The number of hydrogen-bond acceptors (Lipinski definition) is 3. The lowest BCUT2D eigenvalue weighted by Crippen LogP contribution is -1.97. The first-order chi connectivity index (χ1) is 9.26. The third-order valence-electron chi connectivity index (χ3n) is 3.38. The molecular weight excluding hydrogens is 256 g/mol. The number of fused-ring (bicyclic) bond motifs is 1. The van der Waals surface area contributed by atoms with Crippen molar-refractivity contribution in [1.82, 2.24) is 4.57 Å². The fraction of sp³-hybridized carbons (Fsp3) is 0.200. The number of nitrogens with zero attached hydrogens (tertiary/aromatic N) is 1. The molecule has 0 unspecified atom stereocenters. The Labute approximate surface area is 116 Å². The SMILES string of the molecule is CCn1c(-c2cccs2)c(N)c2ccc(OC)cc21. The Balaban J connectivity index is 2.36. The van der Waals surface area contributed by atoms with E-state index in [-0.39, 0.29) is 0 Å².